The molecule has 0 saturated heterocycles. The highest BCUT2D eigenvalue weighted by molar-refractivity contribution is 9.10. The van der Waals surface area contributed by atoms with E-state index in [0.29, 0.717) is 29.2 Å². The van der Waals surface area contributed by atoms with Gasteiger partial charge in [-0.25, -0.2) is 8.78 Å². The van der Waals surface area contributed by atoms with Crippen LogP contribution in [0.3, 0.4) is 0 Å². The molecule has 0 saturated carbocycles. The van der Waals surface area contributed by atoms with Gasteiger partial charge in [0.25, 0.3) is 6.43 Å². The van der Waals surface area contributed by atoms with E-state index in [0.717, 1.165) is 6.42 Å². The molecule has 0 N–H and O–H groups in total. The molecule has 82 valence electrons. The van der Waals surface area contributed by atoms with Crippen molar-refractivity contribution in [3.8, 4) is 11.5 Å². The number of ether oxygens (including phenoxy) is 2. The van der Waals surface area contributed by atoms with E-state index in [1.165, 1.54) is 12.1 Å². The Morgan fingerprint density at radius 1 is 1.20 bits per heavy atom. The topological polar surface area (TPSA) is 18.5 Å². The standard InChI is InChI=1S/C10H9BrF2O2/c11-7-4-6(10(12)13)5-8-9(7)15-3-1-2-14-8/h4-5,10H,1-3H2. The summed E-state index contributed by atoms with van der Waals surface area (Å²) >= 11 is 3.20. The molecule has 0 aromatic heterocycles. The van der Waals surface area contributed by atoms with Crippen LogP contribution in [0.2, 0.25) is 0 Å². The van der Waals surface area contributed by atoms with E-state index in [2.05, 4.69) is 15.9 Å². The van der Waals surface area contributed by atoms with Gasteiger partial charge < -0.3 is 9.47 Å². The molecular formula is C10H9BrF2O2. The summed E-state index contributed by atoms with van der Waals surface area (Å²) in [4.78, 5) is 0. The minimum atomic E-state index is -2.50. The van der Waals surface area contributed by atoms with Crippen molar-refractivity contribution >= 4 is 15.9 Å². The zero-order valence-corrected chi connectivity index (χ0v) is 9.39. The molecule has 0 amide bonds. The normalized spacial score (nSPS) is 15.2. The van der Waals surface area contributed by atoms with E-state index >= 15 is 0 Å². The lowest BCUT2D eigenvalue weighted by Crippen LogP contribution is -1.97. The summed E-state index contributed by atoms with van der Waals surface area (Å²) in [6.45, 7) is 1.03. The van der Waals surface area contributed by atoms with E-state index in [-0.39, 0.29) is 5.56 Å². The Bertz CT molecular complexity index is 369. The van der Waals surface area contributed by atoms with Crippen LogP contribution in [-0.4, -0.2) is 13.2 Å². The summed E-state index contributed by atoms with van der Waals surface area (Å²) in [7, 11) is 0. The van der Waals surface area contributed by atoms with Crippen molar-refractivity contribution in [2.75, 3.05) is 13.2 Å². The van der Waals surface area contributed by atoms with Gasteiger partial charge in [0.2, 0.25) is 0 Å². The molecule has 1 heterocycles. The van der Waals surface area contributed by atoms with Crippen molar-refractivity contribution in [2.45, 2.75) is 12.8 Å². The molecule has 0 atom stereocenters. The number of benzene rings is 1. The number of hydrogen-bond acceptors (Lipinski definition) is 2. The molecule has 0 fully saturated rings. The van der Waals surface area contributed by atoms with Crippen molar-refractivity contribution in [3.05, 3.63) is 22.2 Å². The SMILES string of the molecule is FC(F)c1cc(Br)c2c(c1)OCCCO2. The van der Waals surface area contributed by atoms with Gasteiger partial charge in [-0.2, -0.15) is 0 Å². The first-order valence-corrected chi connectivity index (χ1v) is 5.35. The fraction of sp³-hybridized carbons (Fsp3) is 0.400. The second-order valence-electron chi connectivity index (χ2n) is 3.18. The smallest absolute Gasteiger partial charge is 0.264 e. The van der Waals surface area contributed by atoms with Crippen molar-refractivity contribution < 1.29 is 18.3 Å². The Hall–Kier alpha value is -0.840. The third-order valence-corrected chi connectivity index (χ3v) is 2.67. The molecule has 1 aliphatic heterocycles. The molecular weight excluding hydrogens is 270 g/mol. The van der Waals surface area contributed by atoms with Crippen LogP contribution in [0.5, 0.6) is 11.5 Å². The zero-order valence-electron chi connectivity index (χ0n) is 7.80. The Morgan fingerprint density at radius 2 is 1.93 bits per heavy atom. The number of alkyl halides is 2. The number of fused-ring (bicyclic) bond motifs is 1. The summed E-state index contributed by atoms with van der Waals surface area (Å²) in [6, 6.07) is 2.69. The van der Waals surface area contributed by atoms with Gasteiger partial charge in [0.1, 0.15) is 0 Å². The average Bonchev–Trinajstić information content (AvgIpc) is 2.42. The van der Waals surface area contributed by atoms with Crippen LogP contribution < -0.4 is 9.47 Å². The summed E-state index contributed by atoms with van der Waals surface area (Å²) < 4.78 is 36.2. The first-order valence-electron chi connectivity index (χ1n) is 4.55. The zero-order chi connectivity index (χ0) is 10.8. The molecule has 5 heteroatoms. The van der Waals surface area contributed by atoms with Gasteiger partial charge in [-0.1, -0.05) is 0 Å². The third kappa shape index (κ3) is 2.22. The second kappa shape index (κ2) is 4.35. The van der Waals surface area contributed by atoms with Crippen LogP contribution in [0, 0.1) is 0 Å². The molecule has 1 aromatic rings. The minimum absolute atomic E-state index is 0.0638. The van der Waals surface area contributed by atoms with Gasteiger partial charge in [0, 0.05) is 12.0 Å². The molecule has 0 unspecified atom stereocenters. The lowest BCUT2D eigenvalue weighted by molar-refractivity contribution is 0.150. The van der Waals surface area contributed by atoms with Crippen molar-refractivity contribution in [1.29, 1.82) is 0 Å². The van der Waals surface area contributed by atoms with Gasteiger partial charge in [-0.05, 0) is 28.1 Å². The van der Waals surface area contributed by atoms with Gasteiger partial charge in [0.15, 0.2) is 11.5 Å². The molecule has 0 spiro atoms. The summed E-state index contributed by atoms with van der Waals surface area (Å²) in [5.74, 6) is 0.897. The van der Waals surface area contributed by atoms with E-state index in [1.807, 2.05) is 0 Å². The fourth-order valence-electron chi connectivity index (χ4n) is 1.38. The number of halogens is 3. The Balaban J connectivity index is 2.44. The maximum Gasteiger partial charge on any atom is 0.264 e. The Morgan fingerprint density at radius 3 is 2.67 bits per heavy atom. The highest BCUT2D eigenvalue weighted by atomic mass is 79.9. The predicted molar refractivity (Wildman–Crippen MR) is 54.7 cm³/mol. The Labute approximate surface area is 94.3 Å². The van der Waals surface area contributed by atoms with Gasteiger partial charge in [-0.3, -0.25) is 0 Å². The van der Waals surface area contributed by atoms with Crippen LogP contribution in [-0.2, 0) is 0 Å². The monoisotopic (exact) mass is 278 g/mol. The van der Waals surface area contributed by atoms with Gasteiger partial charge >= 0.3 is 0 Å². The predicted octanol–water partition coefficient (Wildman–Crippen LogP) is 3.55. The second-order valence-corrected chi connectivity index (χ2v) is 4.04. The molecule has 0 aliphatic carbocycles. The highest BCUT2D eigenvalue weighted by Gasteiger charge is 2.18. The Kier molecular flexibility index (Phi) is 3.09. The largest absolute Gasteiger partial charge is 0.490 e. The van der Waals surface area contributed by atoms with Crippen LogP contribution in [0.4, 0.5) is 8.78 Å². The molecule has 1 aromatic carbocycles. The van der Waals surface area contributed by atoms with Crippen LogP contribution in [0.1, 0.15) is 18.4 Å². The van der Waals surface area contributed by atoms with Crippen LogP contribution >= 0.6 is 15.9 Å². The minimum Gasteiger partial charge on any atom is -0.490 e. The molecule has 2 nitrogen and oxygen atoms in total. The fourth-order valence-corrected chi connectivity index (χ4v) is 1.95. The maximum atomic E-state index is 12.5. The summed E-state index contributed by atoms with van der Waals surface area (Å²) in [5.41, 5.74) is -0.0638. The molecule has 2 rings (SSSR count). The number of rotatable bonds is 1. The van der Waals surface area contributed by atoms with Crippen molar-refractivity contribution in [1.82, 2.24) is 0 Å². The van der Waals surface area contributed by atoms with Crippen LogP contribution in [0.15, 0.2) is 16.6 Å². The lowest BCUT2D eigenvalue weighted by Gasteiger charge is -2.11. The highest BCUT2D eigenvalue weighted by Crippen LogP contribution is 2.40. The summed E-state index contributed by atoms with van der Waals surface area (Å²) in [5, 5.41) is 0. The third-order valence-electron chi connectivity index (χ3n) is 2.08. The van der Waals surface area contributed by atoms with E-state index in [9.17, 15) is 8.78 Å². The van der Waals surface area contributed by atoms with E-state index < -0.39 is 6.43 Å². The van der Waals surface area contributed by atoms with Crippen LogP contribution in [0.25, 0.3) is 0 Å². The first kappa shape index (κ1) is 10.7. The lowest BCUT2D eigenvalue weighted by atomic mass is 10.2. The van der Waals surface area contributed by atoms with E-state index in [1.54, 1.807) is 0 Å². The molecule has 0 radical (unpaired) electrons. The number of hydrogen-bond donors (Lipinski definition) is 0. The molecule has 1 aliphatic rings. The summed E-state index contributed by atoms with van der Waals surface area (Å²) in [6.07, 6.45) is -1.75. The first-order chi connectivity index (χ1) is 7.18. The molecule has 15 heavy (non-hydrogen) atoms. The maximum absolute atomic E-state index is 12.5. The van der Waals surface area contributed by atoms with Crippen molar-refractivity contribution in [2.24, 2.45) is 0 Å². The quantitative estimate of drug-likeness (QED) is 0.782. The van der Waals surface area contributed by atoms with Gasteiger partial charge in [0.05, 0.1) is 17.7 Å². The van der Waals surface area contributed by atoms with Crippen molar-refractivity contribution in [3.63, 3.8) is 0 Å². The van der Waals surface area contributed by atoms with Gasteiger partial charge in [-0.15, -0.1) is 0 Å². The average molecular weight is 279 g/mol. The van der Waals surface area contributed by atoms with E-state index in [4.69, 9.17) is 9.47 Å². The molecule has 0 bridgehead atoms.